The largest absolute Gasteiger partial charge is 0.459 e. The van der Waals surface area contributed by atoms with Gasteiger partial charge in [-0.1, -0.05) is 13.8 Å². The summed E-state index contributed by atoms with van der Waals surface area (Å²) in [7, 11) is 0. The van der Waals surface area contributed by atoms with Gasteiger partial charge in [0.1, 0.15) is 5.60 Å². The summed E-state index contributed by atoms with van der Waals surface area (Å²) in [5.74, 6) is 0.792. The minimum Gasteiger partial charge on any atom is -0.459 e. The predicted octanol–water partition coefficient (Wildman–Crippen LogP) is 2.47. The molecule has 1 N–H and O–H groups in total. The molecule has 1 atom stereocenters. The Morgan fingerprint density at radius 2 is 1.81 bits per heavy atom. The van der Waals surface area contributed by atoms with E-state index in [0.29, 0.717) is 11.5 Å². The predicted molar refractivity (Wildman–Crippen MR) is 68.6 cm³/mol. The second-order valence-electron chi connectivity index (χ2n) is 5.59. The van der Waals surface area contributed by atoms with Gasteiger partial charge < -0.3 is 9.84 Å². The fourth-order valence-corrected chi connectivity index (χ4v) is 1.95. The summed E-state index contributed by atoms with van der Waals surface area (Å²) in [4.78, 5) is 11.4. The van der Waals surface area contributed by atoms with Crippen LogP contribution in [0.2, 0.25) is 0 Å². The highest BCUT2D eigenvalue weighted by atomic mass is 32.2. The molecule has 16 heavy (non-hydrogen) atoms. The fraction of sp³-hybridized carbons (Fsp3) is 0.917. The smallest absolute Gasteiger partial charge is 0.316 e. The first-order valence-electron chi connectivity index (χ1n) is 5.56. The Kier molecular flexibility index (Phi) is 5.84. The van der Waals surface area contributed by atoms with Gasteiger partial charge in [-0.3, -0.25) is 4.79 Å². The van der Waals surface area contributed by atoms with E-state index in [0.717, 1.165) is 0 Å². The van der Waals surface area contributed by atoms with E-state index in [2.05, 4.69) is 0 Å². The van der Waals surface area contributed by atoms with Crippen molar-refractivity contribution in [3.05, 3.63) is 0 Å². The topological polar surface area (TPSA) is 46.5 Å². The first-order chi connectivity index (χ1) is 7.04. The highest BCUT2D eigenvalue weighted by Crippen LogP contribution is 2.22. The summed E-state index contributed by atoms with van der Waals surface area (Å²) >= 11 is 1.41. The molecular weight excluding hydrogens is 224 g/mol. The van der Waals surface area contributed by atoms with Gasteiger partial charge in [-0.2, -0.15) is 0 Å². The van der Waals surface area contributed by atoms with Gasteiger partial charge in [0.05, 0.1) is 11.4 Å². The number of hydrogen-bond donors (Lipinski definition) is 1. The van der Waals surface area contributed by atoms with Crippen LogP contribution in [0.25, 0.3) is 0 Å². The first kappa shape index (κ1) is 15.8. The van der Waals surface area contributed by atoms with E-state index in [-0.39, 0.29) is 11.9 Å². The van der Waals surface area contributed by atoms with Crippen molar-refractivity contribution in [1.82, 2.24) is 0 Å². The van der Waals surface area contributed by atoms with Gasteiger partial charge in [0.25, 0.3) is 0 Å². The third kappa shape index (κ3) is 7.12. The lowest BCUT2D eigenvalue weighted by Crippen LogP contribution is -2.34. The van der Waals surface area contributed by atoms with E-state index >= 15 is 0 Å². The van der Waals surface area contributed by atoms with Crippen LogP contribution in [0, 0.1) is 5.92 Å². The zero-order valence-electron chi connectivity index (χ0n) is 11.2. The molecule has 0 aromatic carbocycles. The van der Waals surface area contributed by atoms with Crippen LogP contribution in [0.3, 0.4) is 0 Å². The maximum absolute atomic E-state index is 11.4. The standard InChI is InChI=1S/C12H24O3S/c1-9(2)12(6,14)8-16-7-10(13)15-11(3,4)5/h9,14H,7-8H2,1-6H3. The Hall–Kier alpha value is -0.220. The van der Waals surface area contributed by atoms with Crippen LogP contribution >= 0.6 is 11.8 Å². The maximum atomic E-state index is 11.4. The van der Waals surface area contributed by atoms with Crippen LogP contribution in [0.15, 0.2) is 0 Å². The second-order valence-corrected chi connectivity index (χ2v) is 6.58. The molecule has 4 heteroatoms. The van der Waals surface area contributed by atoms with E-state index in [4.69, 9.17) is 4.74 Å². The van der Waals surface area contributed by atoms with Crippen LogP contribution in [-0.4, -0.2) is 33.8 Å². The third-order valence-corrected chi connectivity index (χ3v) is 3.51. The van der Waals surface area contributed by atoms with E-state index in [1.165, 1.54) is 11.8 Å². The number of carbonyl (C=O) groups excluding carboxylic acids is 1. The number of hydrogen-bond acceptors (Lipinski definition) is 4. The van der Waals surface area contributed by atoms with E-state index < -0.39 is 11.2 Å². The summed E-state index contributed by atoms with van der Waals surface area (Å²) in [5, 5.41) is 9.96. The average Bonchev–Trinajstić information content (AvgIpc) is 1.99. The molecule has 0 heterocycles. The molecule has 0 rings (SSSR count). The summed E-state index contributed by atoms with van der Waals surface area (Å²) in [5.41, 5.74) is -1.16. The second kappa shape index (κ2) is 5.92. The van der Waals surface area contributed by atoms with Crippen LogP contribution in [-0.2, 0) is 9.53 Å². The summed E-state index contributed by atoms with van der Waals surface area (Å²) in [6, 6.07) is 0. The van der Waals surface area contributed by atoms with E-state index in [9.17, 15) is 9.90 Å². The minimum absolute atomic E-state index is 0.179. The van der Waals surface area contributed by atoms with Crippen molar-refractivity contribution in [2.24, 2.45) is 5.92 Å². The Morgan fingerprint density at radius 3 is 2.19 bits per heavy atom. The van der Waals surface area contributed by atoms with E-state index in [1.54, 1.807) is 6.92 Å². The first-order valence-corrected chi connectivity index (χ1v) is 6.72. The van der Waals surface area contributed by atoms with Crippen molar-refractivity contribution in [3.8, 4) is 0 Å². The normalized spacial score (nSPS) is 16.0. The lowest BCUT2D eigenvalue weighted by atomic mass is 9.95. The van der Waals surface area contributed by atoms with Crippen LogP contribution in [0.4, 0.5) is 0 Å². The molecule has 0 saturated carbocycles. The molecule has 0 bridgehead atoms. The molecule has 0 aliphatic rings. The molecule has 3 nitrogen and oxygen atoms in total. The summed E-state index contributed by atoms with van der Waals surface area (Å²) < 4.78 is 5.17. The SMILES string of the molecule is CC(C)C(C)(O)CSCC(=O)OC(C)(C)C. The Morgan fingerprint density at radius 1 is 1.31 bits per heavy atom. The zero-order valence-corrected chi connectivity index (χ0v) is 12.0. The van der Waals surface area contributed by atoms with Gasteiger partial charge in [0, 0.05) is 5.75 Å². The van der Waals surface area contributed by atoms with Crippen molar-refractivity contribution >= 4 is 17.7 Å². The van der Waals surface area contributed by atoms with Gasteiger partial charge >= 0.3 is 5.97 Å². The van der Waals surface area contributed by atoms with Gasteiger partial charge in [-0.05, 0) is 33.6 Å². The number of esters is 1. The summed E-state index contributed by atoms with van der Waals surface area (Å²) in [6.45, 7) is 11.3. The van der Waals surface area contributed by atoms with E-state index in [1.807, 2.05) is 34.6 Å². The van der Waals surface area contributed by atoms with Crippen molar-refractivity contribution in [3.63, 3.8) is 0 Å². The van der Waals surface area contributed by atoms with Crippen LogP contribution in [0.1, 0.15) is 41.5 Å². The molecule has 0 radical (unpaired) electrons. The molecule has 0 aliphatic carbocycles. The van der Waals surface area contributed by atoms with Crippen LogP contribution < -0.4 is 0 Å². The van der Waals surface area contributed by atoms with Crippen LogP contribution in [0.5, 0.6) is 0 Å². The quantitative estimate of drug-likeness (QED) is 0.759. The van der Waals surface area contributed by atoms with Gasteiger partial charge in [-0.15, -0.1) is 11.8 Å². The van der Waals surface area contributed by atoms with Gasteiger partial charge in [-0.25, -0.2) is 0 Å². The monoisotopic (exact) mass is 248 g/mol. The molecule has 0 aliphatic heterocycles. The Labute approximate surface area is 103 Å². The minimum atomic E-state index is -0.729. The maximum Gasteiger partial charge on any atom is 0.316 e. The molecule has 0 aromatic heterocycles. The number of carbonyl (C=O) groups is 1. The van der Waals surface area contributed by atoms with Crippen molar-refractivity contribution in [1.29, 1.82) is 0 Å². The summed E-state index contributed by atoms with van der Waals surface area (Å²) in [6.07, 6.45) is 0. The number of thioether (sulfide) groups is 1. The number of ether oxygens (including phenoxy) is 1. The third-order valence-electron chi connectivity index (χ3n) is 2.28. The highest BCUT2D eigenvalue weighted by molar-refractivity contribution is 8.00. The highest BCUT2D eigenvalue weighted by Gasteiger charge is 2.25. The van der Waals surface area contributed by atoms with Gasteiger partial charge in [0.2, 0.25) is 0 Å². The molecular formula is C12H24O3S. The molecule has 1 unspecified atom stereocenters. The molecule has 0 spiro atoms. The number of rotatable bonds is 5. The zero-order chi connectivity index (χ0) is 13.0. The lowest BCUT2D eigenvalue weighted by molar-refractivity contribution is -0.151. The molecule has 0 fully saturated rings. The average molecular weight is 248 g/mol. The van der Waals surface area contributed by atoms with Crippen molar-refractivity contribution in [2.75, 3.05) is 11.5 Å². The molecule has 0 saturated heterocycles. The van der Waals surface area contributed by atoms with Crippen molar-refractivity contribution < 1.29 is 14.6 Å². The van der Waals surface area contributed by atoms with Gasteiger partial charge in [0.15, 0.2) is 0 Å². The Balaban J connectivity index is 3.87. The fourth-order valence-electron chi connectivity index (χ4n) is 0.879. The Bertz CT molecular complexity index is 229. The molecule has 0 aromatic rings. The van der Waals surface area contributed by atoms with Crippen molar-refractivity contribution in [2.45, 2.75) is 52.7 Å². The molecule has 0 amide bonds. The number of aliphatic hydroxyl groups is 1. The lowest BCUT2D eigenvalue weighted by Gasteiger charge is -2.27. The molecule has 96 valence electrons.